The van der Waals surface area contributed by atoms with Crippen LogP contribution < -0.4 is 4.90 Å². The smallest absolute Gasteiger partial charge is 0.185 e. The van der Waals surface area contributed by atoms with Gasteiger partial charge in [-0.05, 0) is 19.3 Å². The first-order valence-electron chi connectivity index (χ1n) is 6.28. The molecule has 3 rings (SSSR count). The van der Waals surface area contributed by atoms with Crippen molar-refractivity contribution < 1.29 is 5.11 Å². The lowest BCUT2D eigenvalue weighted by Crippen LogP contribution is -2.36. The number of hydrogen-bond acceptors (Lipinski definition) is 5. The molecule has 1 N–H and O–H groups in total. The highest BCUT2D eigenvalue weighted by molar-refractivity contribution is 8.00. The van der Waals surface area contributed by atoms with E-state index in [-0.39, 0.29) is 6.10 Å². The Hall–Kier alpha value is -0.260. The van der Waals surface area contributed by atoms with Crippen LogP contribution in [0.25, 0.3) is 0 Å². The van der Waals surface area contributed by atoms with Gasteiger partial charge in [-0.2, -0.15) is 11.8 Å². The Morgan fingerprint density at radius 1 is 1.47 bits per heavy atom. The normalized spacial score (nSPS) is 29.2. The van der Waals surface area contributed by atoms with E-state index in [0.29, 0.717) is 5.25 Å². The van der Waals surface area contributed by atoms with E-state index in [1.54, 1.807) is 11.3 Å². The molecule has 2 atom stereocenters. The summed E-state index contributed by atoms with van der Waals surface area (Å²) in [5, 5.41) is 11.8. The molecule has 0 bridgehead atoms. The van der Waals surface area contributed by atoms with Crippen LogP contribution in [0.5, 0.6) is 0 Å². The lowest BCUT2D eigenvalue weighted by molar-refractivity contribution is 0.160. The molecule has 1 aliphatic carbocycles. The number of aliphatic hydroxyl groups is 1. The number of nitrogens with zero attached hydrogens (tertiary/aromatic N) is 2. The molecular formula is C12H18N2OS2. The average Bonchev–Trinajstić information content (AvgIpc) is 2.74. The number of fused-ring (bicyclic) bond motifs is 1. The van der Waals surface area contributed by atoms with Crippen molar-refractivity contribution in [1.29, 1.82) is 0 Å². The van der Waals surface area contributed by atoms with Crippen LogP contribution in [0.4, 0.5) is 5.13 Å². The van der Waals surface area contributed by atoms with Crippen LogP contribution in [0.3, 0.4) is 0 Å². The van der Waals surface area contributed by atoms with Crippen molar-refractivity contribution in [1.82, 2.24) is 4.98 Å². The quantitative estimate of drug-likeness (QED) is 0.850. The third kappa shape index (κ3) is 2.33. The van der Waals surface area contributed by atoms with E-state index < -0.39 is 0 Å². The predicted molar refractivity (Wildman–Crippen MR) is 74.1 cm³/mol. The molecular weight excluding hydrogens is 252 g/mol. The van der Waals surface area contributed by atoms with Gasteiger partial charge in [0, 0.05) is 24.1 Å². The van der Waals surface area contributed by atoms with Gasteiger partial charge in [0.25, 0.3) is 0 Å². The molecule has 0 amide bonds. The number of thiazole rings is 1. The highest BCUT2D eigenvalue weighted by Crippen LogP contribution is 2.38. The summed E-state index contributed by atoms with van der Waals surface area (Å²) in [5.41, 5.74) is 1.15. The molecule has 3 nitrogen and oxygen atoms in total. The van der Waals surface area contributed by atoms with E-state index >= 15 is 0 Å². The summed E-state index contributed by atoms with van der Waals surface area (Å²) in [6, 6.07) is 0. The molecule has 0 aromatic carbocycles. The summed E-state index contributed by atoms with van der Waals surface area (Å²) in [7, 11) is 0. The van der Waals surface area contributed by atoms with Crippen molar-refractivity contribution in [3.63, 3.8) is 0 Å². The molecule has 17 heavy (non-hydrogen) atoms. The van der Waals surface area contributed by atoms with E-state index in [0.717, 1.165) is 48.1 Å². The van der Waals surface area contributed by atoms with E-state index in [1.807, 2.05) is 11.8 Å². The summed E-state index contributed by atoms with van der Waals surface area (Å²) in [5.74, 6) is 1.19. The zero-order chi connectivity index (χ0) is 11.8. The topological polar surface area (TPSA) is 36.4 Å². The van der Waals surface area contributed by atoms with E-state index in [2.05, 4.69) is 11.8 Å². The molecule has 0 spiro atoms. The summed E-state index contributed by atoms with van der Waals surface area (Å²) in [6.45, 7) is 4.46. The first-order valence-corrected chi connectivity index (χ1v) is 8.15. The number of anilines is 1. The third-order valence-corrected chi connectivity index (χ3v) is 5.82. The van der Waals surface area contributed by atoms with Crippen LogP contribution in [0, 0.1) is 0 Å². The van der Waals surface area contributed by atoms with Gasteiger partial charge in [0.15, 0.2) is 5.13 Å². The first-order chi connectivity index (χ1) is 8.24. The monoisotopic (exact) mass is 270 g/mol. The number of aromatic nitrogens is 1. The van der Waals surface area contributed by atoms with Gasteiger partial charge < -0.3 is 10.0 Å². The molecule has 5 heteroatoms. The van der Waals surface area contributed by atoms with Gasteiger partial charge in [0.1, 0.15) is 0 Å². The first kappa shape index (κ1) is 11.8. The second-order valence-electron chi connectivity index (χ2n) is 4.84. The van der Waals surface area contributed by atoms with Crippen molar-refractivity contribution in [2.75, 3.05) is 23.7 Å². The van der Waals surface area contributed by atoms with Crippen LogP contribution >= 0.6 is 23.1 Å². The Labute approximate surface area is 110 Å². The summed E-state index contributed by atoms with van der Waals surface area (Å²) in [6.07, 6.45) is 2.76. The van der Waals surface area contributed by atoms with Crippen LogP contribution in [0.15, 0.2) is 0 Å². The van der Waals surface area contributed by atoms with Crippen molar-refractivity contribution >= 4 is 28.2 Å². The van der Waals surface area contributed by atoms with Gasteiger partial charge in [-0.15, -0.1) is 0 Å². The average molecular weight is 270 g/mol. The van der Waals surface area contributed by atoms with Crippen molar-refractivity contribution in [2.45, 2.75) is 37.5 Å². The SMILES string of the molecule is CC1CN(c2nc3c(s2)C(O)CCC3)CCS1. The number of aryl methyl sites for hydroxylation is 1. The van der Waals surface area contributed by atoms with Gasteiger partial charge in [-0.3, -0.25) is 0 Å². The second-order valence-corrected chi connectivity index (χ2v) is 7.40. The molecule has 2 heterocycles. The Balaban J connectivity index is 1.83. The van der Waals surface area contributed by atoms with Gasteiger partial charge in [-0.25, -0.2) is 4.98 Å². The Morgan fingerprint density at radius 2 is 2.35 bits per heavy atom. The summed E-state index contributed by atoms with van der Waals surface area (Å²) >= 11 is 3.75. The molecule has 2 unspecified atom stereocenters. The summed E-state index contributed by atoms with van der Waals surface area (Å²) in [4.78, 5) is 8.24. The van der Waals surface area contributed by atoms with Gasteiger partial charge in [-0.1, -0.05) is 18.3 Å². The fourth-order valence-corrected chi connectivity index (χ4v) is 4.69. The lowest BCUT2D eigenvalue weighted by Gasteiger charge is -2.30. The Kier molecular flexibility index (Phi) is 3.32. The van der Waals surface area contributed by atoms with Gasteiger partial charge >= 0.3 is 0 Å². The zero-order valence-corrected chi connectivity index (χ0v) is 11.7. The van der Waals surface area contributed by atoms with E-state index in [4.69, 9.17) is 4.98 Å². The largest absolute Gasteiger partial charge is 0.388 e. The maximum Gasteiger partial charge on any atom is 0.185 e. The Morgan fingerprint density at radius 3 is 3.12 bits per heavy atom. The molecule has 0 radical (unpaired) electrons. The summed E-state index contributed by atoms with van der Waals surface area (Å²) < 4.78 is 0. The van der Waals surface area contributed by atoms with Gasteiger partial charge in [0.2, 0.25) is 0 Å². The number of rotatable bonds is 1. The molecule has 1 aromatic rings. The van der Waals surface area contributed by atoms with Crippen LogP contribution in [-0.2, 0) is 6.42 Å². The highest BCUT2D eigenvalue weighted by atomic mass is 32.2. The maximum absolute atomic E-state index is 9.97. The lowest BCUT2D eigenvalue weighted by atomic mass is 10.0. The van der Waals surface area contributed by atoms with E-state index in [9.17, 15) is 5.11 Å². The van der Waals surface area contributed by atoms with Gasteiger partial charge in [0.05, 0.1) is 16.7 Å². The molecule has 2 aliphatic rings. The Bertz CT molecular complexity index is 407. The number of aliphatic hydroxyl groups excluding tert-OH is 1. The highest BCUT2D eigenvalue weighted by Gasteiger charge is 2.26. The molecule has 0 saturated carbocycles. The predicted octanol–water partition coefficient (Wildman–Crippen LogP) is 2.45. The number of thioether (sulfide) groups is 1. The second kappa shape index (κ2) is 4.78. The fourth-order valence-electron chi connectivity index (χ4n) is 2.51. The minimum atomic E-state index is -0.262. The van der Waals surface area contributed by atoms with Crippen LogP contribution in [-0.4, -0.2) is 34.2 Å². The van der Waals surface area contributed by atoms with Crippen LogP contribution in [0.1, 0.15) is 36.4 Å². The molecule has 1 aromatic heterocycles. The minimum Gasteiger partial charge on any atom is -0.388 e. The van der Waals surface area contributed by atoms with Crippen molar-refractivity contribution in [3.05, 3.63) is 10.6 Å². The maximum atomic E-state index is 9.97. The molecule has 1 aliphatic heterocycles. The molecule has 1 saturated heterocycles. The van der Waals surface area contributed by atoms with Crippen molar-refractivity contribution in [2.24, 2.45) is 0 Å². The standard InChI is InChI=1S/C12H18N2OS2/c1-8-7-14(5-6-16-8)12-13-9-3-2-4-10(15)11(9)17-12/h8,10,15H,2-7H2,1H3. The van der Waals surface area contributed by atoms with E-state index in [1.165, 1.54) is 5.75 Å². The zero-order valence-electron chi connectivity index (χ0n) is 10.1. The molecule has 1 fully saturated rings. The van der Waals surface area contributed by atoms with Crippen molar-refractivity contribution in [3.8, 4) is 0 Å². The van der Waals surface area contributed by atoms with Crippen LogP contribution in [0.2, 0.25) is 0 Å². The molecule has 94 valence electrons. The third-order valence-electron chi connectivity index (χ3n) is 3.42. The minimum absolute atomic E-state index is 0.262. The number of hydrogen-bond donors (Lipinski definition) is 1. The fraction of sp³-hybridized carbons (Fsp3) is 0.750.